The van der Waals surface area contributed by atoms with E-state index in [-0.39, 0.29) is 19.1 Å². The van der Waals surface area contributed by atoms with Crippen molar-refractivity contribution in [1.29, 1.82) is 0 Å². The maximum atomic E-state index is 13.1. The highest BCUT2D eigenvalue weighted by Gasteiger charge is 2.27. The average Bonchev–Trinajstić information content (AvgIpc) is 2.95. The van der Waals surface area contributed by atoms with Crippen LogP contribution in [0.25, 0.3) is 0 Å². The SMILES string of the molecule is CCC[C@@H](CNC(=O)c1cc(OC)ccc1SSc1ccccc1OCC(=O)N[C@@H](CC(C)C)C(=O)OC(C)(C)C)C(=O)O. The normalized spacial score (nSPS) is 12.6. The van der Waals surface area contributed by atoms with Gasteiger partial charge in [0, 0.05) is 11.4 Å². The van der Waals surface area contributed by atoms with Gasteiger partial charge in [-0.25, -0.2) is 4.79 Å². The summed E-state index contributed by atoms with van der Waals surface area (Å²) in [5.41, 5.74) is -0.333. The smallest absolute Gasteiger partial charge is 0.329 e. The number of methoxy groups -OCH3 is 1. The molecule has 0 radical (unpaired) electrons. The third-order valence-corrected chi connectivity index (χ3v) is 8.55. The first-order chi connectivity index (χ1) is 20.7. The van der Waals surface area contributed by atoms with Crippen LogP contribution < -0.4 is 20.1 Å². The lowest BCUT2D eigenvalue weighted by atomic mass is 10.0. The van der Waals surface area contributed by atoms with Gasteiger partial charge in [-0.05, 0) is 80.7 Å². The Morgan fingerprint density at radius 1 is 1.00 bits per heavy atom. The van der Waals surface area contributed by atoms with E-state index in [1.165, 1.54) is 28.7 Å². The van der Waals surface area contributed by atoms with E-state index in [2.05, 4.69) is 10.6 Å². The van der Waals surface area contributed by atoms with Crippen LogP contribution in [-0.2, 0) is 19.1 Å². The molecule has 242 valence electrons. The van der Waals surface area contributed by atoms with Gasteiger partial charge in [-0.1, -0.05) is 50.1 Å². The van der Waals surface area contributed by atoms with Crippen LogP contribution in [0, 0.1) is 11.8 Å². The van der Waals surface area contributed by atoms with Gasteiger partial charge in [-0.3, -0.25) is 14.4 Å². The molecule has 0 aliphatic heterocycles. The second kappa shape index (κ2) is 17.8. The number of aliphatic carboxylic acids is 1. The number of hydrogen-bond acceptors (Lipinski definition) is 9. The van der Waals surface area contributed by atoms with Gasteiger partial charge in [0.15, 0.2) is 6.61 Å². The van der Waals surface area contributed by atoms with Crippen LogP contribution in [0.4, 0.5) is 0 Å². The number of amides is 2. The fourth-order valence-corrected chi connectivity index (χ4v) is 6.30. The standard InChI is InChI=1S/C32H44N2O8S2/c1-8-11-21(30(37)38)18-33-29(36)23-17-22(40-7)14-15-26(23)43-44-27-13-10-9-12-25(27)41-19-28(35)34-24(16-20(2)3)31(39)42-32(4,5)6/h9-10,12-15,17,20-21,24H,8,11,16,18-19H2,1-7H3,(H,33,36)(H,34,35)(H,37,38)/t21-,24-/m0/s1. The lowest BCUT2D eigenvalue weighted by Gasteiger charge is -2.25. The van der Waals surface area contributed by atoms with Crippen molar-refractivity contribution in [2.75, 3.05) is 20.3 Å². The first kappa shape index (κ1) is 36.8. The van der Waals surface area contributed by atoms with E-state index < -0.39 is 41.3 Å². The molecule has 0 saturated carbocycles. The Kier molecular flexibility index (Phi) is 14.9. The molecule has 0 spiro atoms. The topological polar surface area (TPSA) is 140 Å². The highest BCUT2D eigenvalue weighted by Crippen LogP contribution is 2.43. The molecule has 2 aromatic carbocycles. The second-order valence-corrected chi connectivity index (χ2v) is 13.8. The number of para-hydroxylation sites is 1. The maximum Gasteiger partial charge on any atom is 0.329 e. The first-order valence-electron chi connectivity index (χ1n) is 14.5. The summed E-state index contributed by atoms with van der Waals surface area (Å²) in [6.45, 7) is 10.9. The summed E-state index contributed by atoms with van der Waals surface area (Å²) >= 11 is 0. The van der Waals surface area contributed by atoms with Crippen LogP contribution in [0.2, 0.25) is 0 Å². The predicted octanol–water partition coefficient (Wildman–Crippen LogP) is 5.98. The van der Waals surface area contributed by atoms with E-state index in [9.17, 15) is 24.3 Å². The van der Waals surface area contributed by atoms with Crippen LogP contribution in [0.3, 0.4) is 0 Å². The number of hydrogen-bond donors (Lipinski definition) is 3. The lowest BCUT2D eigenvalue weighted by molar-refractivity contribution is -0.159. The van der Waals surface area contributed by atoms with Gasteiger partial charge < -0.3 is 30.0 Å². The summed E-state index contributed by atoms with van der Waals surface area (Å²) in [5, 5.41) is 14.9. The van der Waals surface area contributed by atoms with Gasteiger partial charge in [0.25, 0.3) is 11.8 Å². The summed E-state index contributed by atoms with van der Waals surface area (Å²) in [4.78, 5) is 51.5. The average molecular weight is 649 g/mol. The van der Waals surface area contributed by atoms with Crippen molar-refractivity contribution in [3.8, 4) is 11.5 Å². The molecular formula is C32H44N2O8S2. The molecule has 2 aromatic rings. The Bertz CT molecular complexity index is 1280. The van der Waals surface area contributed by atoms with Gasteiger partial charge in [0.05, 0.1) is 23.5 Å². The Balaban J connectivity index is 2.11. The molecule has 0 saturated heterocycles. The minimum absolute atomic E-state index is 0.0150. The Hall–Kier alpha value is -3.38. The molecule has 0 bridgehead atoms. The zero-order chi connectivity index (χ0) is 32.9. The molecule has 2 amide bonds. The third kappa shape index (κ3) is 12.7. The summed E-state index contributed by atoms with van der Waals surface area (Å²) < 4.78 is 16.6. The molecule has 3 N–H and O–H groups in total. The molecular weight excluding hydrogens is 604 g/mol. The van der Waals surface area contributed by atoms with Crippen LogP contribution >= 0.6 is 21.6 Å². The number of nitrogens with one attached hydrogen (secondary N) is 2. The van der Waals surface area contributed by atoms with E-state index in [1.54, 1.807) is 51.1 Å². The number of carbonyl (C=O) groups is 4. The molecule has 0 unspecified atom stereocenters. The summed E-state index contributed by atoms with van der Waals surface area (Å²) in [7, 11) is 4.16. The monoisotopic (exact) mass is 648 g/mol. The number of rotatable bonds is 17. The number of carboxylic acid groups (broad SMARTS) is 1. The zero-order valence-electron chi connectivity index (χ0n) is 26.4. The number of carboxylic acids is 1. The first-order valence-corrected chi connectivity index (χ1v) is 16.7. The minimum atomic E-state index is -0.950. The molecule has 2 atom stereocenters. The predicted molar refractivity (Wildman–Crippen MR) is 172 cm³/mol. The molecule has 0 aromatic heterocycles. The van der Waals surface area contributed by atoms with Crippen molar-refractivity contribution in [3.63, 3.8) is 0 Å². The largest absolute Gasteiger partial charge is 0.497 e. The summed E-state index contributed by atoms with van der Waals surface area (Å²) in [5.74, 6) is -1.87. The fourth-order valence-electron chi connectivity index (χ4n) is 4.02. The van der Waals surface area contributed by atoms with Crippen molar-refractivity contribution < 1.29 is 38.5 Å². The van der Waals surface area contributed by atoms with Crippen molar-refractivity contribution in [2.45, 2.75) is 82.2 Å². The second-order valence-electron chi connectivity index (χ2n) is 11.6. The van der Waals surface area contributed by atoms with Crippen LogP contribution in [0.1, 0.15) is 71.2 Å². The molecule has 0 aliphatic carbocycles. The van der Waals surface area contributed by atoms with Gasteiger partial charge in [0.2, 0.25) is 0 Å². The molecule has 2 rings (SSSR count). The zero-order valence-corrected chi connectivity index (χ0v) is 28.1. The van der Waals surface area contributed by atoms with E-state index in [4.69, 9.17) is 14.2 Å². The number of carbonyl (C=O) groups excluding carboxylic acids is 3. The number of esters is 1. The van der Waals surface area contributed by atoms with Crippen LogP contribution in [0.15, 0.2) is 52.3 Å². The summed E-state index contributed by atoms with van der Waals surface area (Å²) in [6.07, 6.45) is 1.57. The van der Waals surface area contributed by atoms with Crippen molar-refractivity contribution in [1.82, 2.24) is 10.6 Å². The van der Waals surface area contributed by atoms with Crippen molar-refractivity contribution in [3.05, 3.63) is 48.0 Å². The van der Waals surface area contributed by atoms with Gasteiger partial charge in [-0.15, -0.1) is 0 Å². The minimum Gasteiger partial charge on any atom is -0.497 e. The van der Waals surface area contributed by atoms with Crippen molar-refractivity contribution in [2.24, 2.45) is 11.8 Å². The van der Waals surface area contributed by atoms with Gasteiger partial charge in [0.1, 0.15) is 23.1 Å². The molecule has 10 nitrogen and oxygen atoms in total. The molecule has 0 heterocycles. The Labute approximate surface area is 267 Å². The maximum absolute atomic E-state index is 13.1. The van der Waals surface area contributed by atoms with Crippen molar-refractivity contribution >= 4 is 45.3 Å². The third-order valence-electron chi connectivity index (χ3n) is 6.09. The quantitative estimate of drug-likeness (QED) is 0.139. The molecule has 0 fully saturated rings. The van der Waals surface area contributed by atoms with Crippen LogP contribution in [-0.4, -0.2) is 60.8 Å². The molecule has 0 aliphatic rings. The highest BCUT2D eigenvalue weighted by atomic mass is 33.1. The number of benzene rings is 2. The van der Waals surface area contributed by atoms with Gasteiger partial charge >= 0.3 is 11.9 Å². The fraction of sp³-hybridized carbons (Fsp3) is 0.500. The van der Waals surface area contributed by atoms with E-state index in [0.717, 1.165) is 0 Å². The Morgan fingerprint density at radius 2 is 1.68 bits per heavy atom. The number of ether oxygens (including phenoxy) is 3. The van der Waals surface area contributed by atoms with E-state index in [0.29, 0.717) is 46.1 Å². The molecule has 12 heteroatoms. The molecule has 44 heavy (non-hydrogen) atoms. The Morgan fingerprint density at radius 3 is 2.30 bits per heavy atom. The summed E-state index contributed by atoms with van der Waals surface area (Å²) in [6, 6.07) is 11.5. The lowest BCUT2D eigenvalue weighted by Crippen LogP contribution is -2.46. The van der Waals surface area contributed by atoms with E-state index >= 15 is 0 Å². The van der Waals surface area contributed by atoms with Crippen LogP contribution in [0.5, 0.6) is 11.5 Å². The van der Waals surface area contributed by atoms with E-state index in [1.807, 2.05) is 32.9 Å². The van der Waals surface area contributed by atoms with Gasteiger partial charge in [-0.2, -0.15) is 0 Å². The highest BCUT2D eigenvalue weighted by molar-refractivity contribution is 8.76.